The number of carboxylic acid groups (broad SMARTS) is 1. The van der Waals surface area contributed by atoms with Gasteiger partial charge in [-0.3, -0.25) is 19.5 Å². The van der Waals surface area contributed by atoms with Gasteiger partial charge in [-0.15, -0.1) is 11.8 Å². The number of aliphatic carboxylic acids is 1. The molecule has 4 aliphatic rings. The lowest BCUT2D eigenvalue weighted by Crippen LogP contribution is -2.74. The number of pyridine rings is 1. The Labute approximate surface area is 203 Å². The zero-order valence-corrected chi connectivity index (χ0v) is 19.7. The molecule has 5 atom stereocenters. The zero-order valence-electron chi connectivity index (χ0n) is 18.1. The van der Waals surface area contributed by atoms with Gasteiger partial charge in [0.15, 0.2) is 18.4 Å². The molecule has 178 valence electrons. The van der Waals surface area contributed by atoms with Gasteiger partial charge < -0.3 is 16.2 Å². The van der Waals surface area contributed by atoms with E-state index in [4.69, 9.17) is 10.6 Å². The number of β-lactam (4-membered cyclic amide) rings is 1. The van der Waals surface area contributed by atoms with Crippen LogP contribution in [0.2, 0.25) is 0 Å². The number of fused-ring (bicyclic) bond motifs is 2. The number of carboxylic acids is 1. The fourth-order valence-corrected chi connectivity index (χ4v) is 6.42. The van der Waals surface area contributed by atoms with Crippen molar-refractivity contribution in [3.8, 4) is 0 Å². The van der Waals surface area contributed by atoms with Gasteiger partial charge in [-0.25, -0.2) is 9.63 Å². The van der Waals surface area contributed by atoms with Crippen molar-refractivity contribution in [2.75, 3.05) is 5.75 Å². The molecule has 4 unspecified atom stereocenters. The number of hydrazine groups is 1. The third kappa shape index (κ3) is 3.51. The molecule has 2 fully saturated rings. The van der Waals surface area contributed by atoms with Crippen LogP contribution in [0.1, 0.15) is 13.2 Å². The Morgan fingerprint density at radius 2 is 2.12 bits per heavy atom. The summed E-state index contributed by atoms with van der Waals surface area (Å²) >= 11 is 2.75. The average molecular weight is 504 g/mol. The van der Waals surface area contributed by atoms with Gasteiger partial charge in [0.2, 0.25) is 5.91 Å². The molecule has 11 nitrogen and oxygen atoms in total. The Bertz CT molecular complexity index is 1130. The molecule has 13 heteroatoms. The number of hydrogen-bond acceptors (Lipinski definition) is 9. The number of carbonyl (C=O) groups is 3. The predicted octanol–water partition coefficient (Wildman–Crippen LogP) is 0.0805. The van der Waals surface area contributed by atoms with Gasteiger partial charge in [-0.05, 0) is 11.0 Å². The van der Waals surface area contributed by atoms with Crippen molar-refractivity contribution in [2.24, 2.45) is 5.73 Å². The van der Waals surface area contributed by atoms with Gasteiger partial charge in [0.05, 0.1) is 5.70 Å². The van der Waals surface area contributed by atoms with Crippen LogP contribution >= 0.6 is 23.5 Å². The molecule has 0 spiro atoms. The first kappa shape index (κ1) is 22.9. The van der Waals surface area contributed by atoms with Gasteiger partial charge in [0.1, 0.15) is 22.6 Å². The zero-order chi connectivity index (χ0) is 24.1. The van der Waals surface area contributed by atoms with Crippen molar-refractivity contribution in [2.45, 2.75) is 36.1 Å². The van der Waals surface area contributed by atoms with Gasteiger partial charge in [-0.2, -0.15) is 4.57 Å². The molecule has 5 heterocycles. The average Bonchev–Trinajstić information content (AvgIpc) is 3.15. The number of hydrogen-bond donors (Lipinski definition) is 3. The highest BCUT2D eigenvalue weighted by Gasteiger charge is 2.58. The summed E-state index contributed by atoms with van der Waals surface area (Å²) in [6.07, 6.45) is 4.72. The Hall–Kier alpha value is -2.84. The number of amides is 2. The van der Waals surface area contributed by atoms with Crippen LogP contribution in [0, 0.1) is 0 Å². The van der Waals surface area contributed by atoms with Crippen LogP contribution in [0.25, 0.3) is 0 Å². The lowest BCUT2D eigenvalue weighted by Gasteiger charge is -2.52. The highest BCUT2D eigenvalue weighted by molar-refractivity contribution is 8.02. The highest BCUT2D eigenvalue weighted by Crippen LogP contribution is 2.44. The summed E-state index contributed by atoms with van der Waals surface area (Å²) in [6.45, 7) is 5.48. The van der Waals surface area contributed by atoms with Gasteiger partial charge >= 0.3 is 5.97 Å². The number of rotatable bonds is 7. The largest absolute Gasteiger partial charge is 0.477 e. The van der Waals surface area contributed by atoms with Crippen LogP contribution in [0.5, 0.6) is 0 Å². The van der Waals surface area contributed by atoms with Crippen LogP contribution in [0.4, 0.5) is 0 Å². The molecular weight excluding hydrogens is 480 g/mol. The number of aromatic nitrogens is 1. The quantitative estimate of drug-likeness (QED) is 0.347. The number of thioether (sulfide) groups is 2. The van der Waals surface area contributed by atoms with Crippen molar-refractivity contribution >= 4 is 41.3 Å². The second-order valence-electron chi connectivity index (χ2n) is 7.93. The Kier molecular flexibility index (Phi) is 5.90. The summed E-state index contributed by atoms with van der Waals surface area (Å²) in [6, 6.07) is 4.01. The number of nitrogens with zero attached hydrogens (tertiary/aromatic N) is 4. The first-order valence-corrected chi connectivity index (χ1v) is 12.5. The molecular formula is C21H23N6O5S2+. The van der Waals surface area contributed by atoms with Gasteiger partial charge in [0.25, 0.3) is 12.1 Å². The lowest BCUT2D eigenvalue weighted by molar-refractivity contribution is -0.776. The fraction of sp³-hybridized carbons (Fsp3) is 0.333. The molecule has 4 aliphatic heterocycles. The molecule has 4 N–H and O–H groups in total. The van der Waals surface area contributed by atoms with Crippen LogP contribution in [-0.2, 0) is 19.2 Å². The minimum absolute atomic E-state index is 0.0800. The van der Waals surface area contributed by atoms with E-state index in [1.54, 1.807) is 10.4 Å². The second-order valence-corrected chi connectivity index (χ2v) is 10.0. The first-order chi connectivity index (χ1) is 16.3. The lowest BCUT2D eigenvalue weighted by atomic mass is 10.0. The maximum Gasteiger partial charge on any atom is 0.352 e. The number of nitrogens with two attached hydrogens (primary N) is 1. The van der Waals surface area contributed by atoms with Crippen molar-refractivity contribution in [3.05, 3.63) is 65.6 Å². The van der Waals surface area contributed by atoms with E-state index in [0.29, 0.717) is 17.0 Å². The minimum atomic E-state index is -1.19. The number of hydroxylamine groups is 1. The molecule has 0 aliphatic carbocycles. The normalized spacial score (nSPS) is 28.9. The van der Waals surface area contributed by atoms with Gasteiger partial charge in [-0.1, -0.05) is 35.7 Å². The summed E-state index contributed by atoms with van der Waals surface area (Å²) in [5.41, 5.74) is 6.80. The van der Waals surface area contributed by atoms with Crippen LogP contribution < -0.4 is 15.6 Å². The molecule has 0 radical (unpaired) electrons. The standard InChI is InChI=1S/C21H22N6O5S2/c1-3-12-9-33-19-14(18(29)25(19)15(12)20(30)31)23-17(28)16-13-10-34-21(22)26(13)27(16)32-11(2)24-7-5-4-6-8-24/h3-8,10-11,14,16,19,21H,1,9,22H2,2H3,(H-,23,28,30,31)/p+1/t11?,14?,16?,19-,21?/m0/s1. The topological polar surface area (TPSA) is 132 Å². The first-order valence-electron chi connectivity index (χ1n) is 10.5. The van der Waals surface area contributed by atoms with Crippen molar-refractivity contribution < 1.29 is 28.9 Å². The van der Waals surface area contributed by atoms with E-state index in [0.717, 1.165) is 0 Å². The minimum Gasteiger partial charge on any atom is -0.477 e. The Morgan fingerprint density at radius 3 is 2.79 bits per heavy atom. The van der Waals surface area contributed by atoms with Crippen LogP contribution in [-0.4, -0.2) is 66.7 Å². The summed E-state index contributed by atoms with van der Waals surface area (Å²) in [5.74, 6) is -1.69. The van der Waals surface area contributed by atoms with E-state index in [1.807, 2.05) is 42.1 Å². The molecule has 0 aromatic carbocycles. The SMILES string of the molecule is C=CC1=C(C(=O)O)N2C(=O)C(NC(=O)C3C4=CSC(N)N4N3OC(C)[n+]3ccccc3)[C@@H]2SC1. The van der Waals surface area contributed by atoms with E-state index in [1.165, 1.54) is 39.7 Å². The second kappa shape index (κ2) is 8.74. The highest BCUT2D eigenvalue weighted by atomic mass is 32.2. The van der Waals surface area contributed by atoms with E-state index >= 15 is 0 Å². The number of nitrogens with one attached hydrogen (secondary N) is 1. The number of carbonyl (C=O) groups excluding carboxylic acids is 2. The van der Waals surface area contributed by atoms with E-state index in [2.05, 4.69) is 11.9 Å². The summed E-state index contributed by atoms with van der Waals surface area (Å²) in [7, 11) is 0. The van der Waals surface area contributed by atoms with Crippen LogP contribution in [0.15, 0.2) is 65.6 Å². The molecule has 0 bridgehead atoms. The maximum absolute atomic E-state index is 13.3. The molecule has 34 heavy (non-hydrogen) atoms. The number of allylic oxidation sites excluding steroid dienone is 1. The van der Waals surface area contributed by atoms with E-state index in [-0.39, 0.29) is 5.70 Å². The molecule has 2 saturated heterocycles. The summed E-state index contributed by atoms with van der Waals surface area (Å²) in [4.78, 5) is 45.1. The summed E-state index contributed by atoms with van der Waals surface area (Å²) < 4.78 is 1.84. The van der Waals surface area contributed by atoms with E-state index < -0.39 is 47.0 Å². The third-order valence-corrected chi connectivity index (χ3v) is 8.12. The monoisotopic (exact) mass is 503 g/mol. The molecule has 1 aromatic rings. The van der Waals surface area contributed by atoms with E-state index in [9.17, 15) is 19.5 Å². The maximum atomic E-state index is 13.3. The fourth-order valence-electron chi connectivity index (χ4n) is 4.24. The van der Waals surface area contributed by atoms with Gasteiger partial charge in [0, 0.05) is 24.8 Å². The Balaban J connectivity index is 1.31. The molecule has 1 aromatic heterocycles. The molecule has 2 amide bonds. The van der Waals surface area contributed by atoms with Crippen LogP contribution in [0.3, 0.4) is 0 Å². The predicted molar refractivity (Wildman–Crippen MR) is 123 cm³/mol. The molecule has 5 rings (SSSR count). The van der Waals surface area contributed by atoms with Crippen molar-refractivity contribution in [3.63, 3.8) is 0 Å². The smallest absolute Gasteiger partial charge is 0.352 e. The van der Waals surface area contributed by atoms with Crippen molar-refractivity contribution in [1.29, 1.82) is 0 Å². The molecule has 0 saturated carbocycles. The third-order valence-electron chi connectivity index (χ3n) is 5.96. The summed E-state index contributed by atoms with van der Waals surface area (Å²) in [5, 5.41) is 16.8. The Morgan fingerprint density at radius 1 is 1.38 bits per heavy atom. The van der Waals surface area contributed by atoms with Crippen molar-refractivity contribution in [1.82, 2.24) is 20.4 Å².